The van der Waals surface area contributed by atoms with Crippen LogP contribution in [-0.2, 0) is 9.53 Å². The fourth-order valence-corrected chi connectivity index (χ4v) is 2.76. The first-order chi connectivity index (χ1) is 11.8. The molecule has 130 valence electrons. The Morgan fingerprint density at radius 3 is 2.24 bits per heavy atom. The summed E-state index contributed by atoms with van der Waals surface area (Å²) in [5.74, 6) is -0.293. The van der Waals surface area contributed by atoms with Gasteiger partial charge in [-0.1, -0.05) is 35.8 Å². The number of halogens is 2. The third kappa shape index (κ3) is 4.62. The first kappa shape index (κ1) is 19.0. The van der Waals surface area contributed by atoms with E-state index in [0.717, 1.165) is 0 Å². The molecule has 25 heavy (non-hydrogen) atoms. The van der Waals surface area contributed by atoms with Crippen LogP contribution >= 0.6 is 23.2 Å². The SMILES string of the molecule is C=C(C(=O)c1ccc(OC)cc1)C(OC(C)=O)c1ccc(Cl)cc1Cl. The number of ketones is 1. The molecule has 0 saturated carbocycles. The number of benzene rings is 2. The Morgan fingerprint density at radius 1 is 1.08 bits per heavy atom. The van der Waals surface area contributed by atoms with Crippen molar-refractivity contribution in [2.24, 2.45) is 0 Å². The average Bonchev–Trinajstić information content (AvgIpc) is 2.59. The third-order valence-corrected chi connectivity index (χ3v) is 4.05. The van der Waals surface area contributed by atoms with Crippen LogP contribution in [0.1, 0.15) is 28.9 Å². The Bertz CT molecular complexity index is 813. The van der Waals surface area contributed by atoms with Crippen LogP contribution in [0.4, 0.5) is 0 Å². The van der Waals surface area contributed by atoms with Gasteiger partial charge in [0, 0.05) is 33.7 Å². The number of hydrogen-bond acceptors (Lipinski definition) is 4. The van der Waals surface area contributed by atoms with Crippen molar-refractivity contribution in [1.82, 2.24) is 0 Å². The number of carbonyl (C=O) groups excluding carboxylic acids is 2. The van der Waals surface area contributed by atoms with Crippen molar-refractivity contribution in [1.29, 1.82) is 0 Å². The van der Waals surface area contributed by atoms with Gasteiger partial charge in [-0.2, -0.15) is 0 Å². The molecule has 1 unspecified atom stereocenters. The first-order valence-corrected chi connectivity index (χ1v) is 8.08. The molecule has 0 amide bonds. The number of esters is 1. The molecular formula is C19H16Cl2O4. The summed E-state index contributed by atoms with van der Waals surface area (Å²) in [5.41, 5.74) is 0.922. The molecule has 0 aliphatic heterocycles. The zero-order chi connectivity index (χ0) is 18.6. The first-order valence-electron chi connectivity index (χ1n) is 7.33. The molecule has 0 spiro atoms. The van der Waals surface area contributed by atoms with Crippen molar-refractivity contribution in [3.8, 4) is 5.75 Å². The van der Waals surface area contributed by atoms with E-state index < -0.39 is 12.1 Å². The van der Waals surface area contributed by atoms with E-state index in [4.69, 9.17) is 32.7 Å². The molecule has 6 heteroatoms. The van der Waals surface area contributed by atoms with Gasteiger partial charge in [0.05, 0.1) is 7.11 Å². The van der Waals surface area contributed by atoms with Gasteiger partial charge < -0.3 is 9.47 Å². The summed E-state index contributed by atoms with van der Waals surface area (Å²) < 4.78 is 10.4. The Hall–Kier alpha value is -2.30. The van der Waals surface area contributed by atoms with Crippen molar-refractivity contribution in [2.75, 3.05) is 7.11 Å². The maximum atomic E-state index is 12.7. The number of ether oxygens (including phenoxy) is 2. The van der Waals surface area contributed by atoms with Crippen molar-refractivity contribution >= 4 is 35.0 Å². The van der Waals surface area contributed by atoms with Gasteiger partial charge in [-0.05, 0) is 36.4 Å². The highest BCUT2D eigenvalue weighted by molar-refractivity contribution is 6.35. The van der Waals surface area contributed by atoms with Crippen LogP contribution in [0, 0.1) is 0 Å². The third-order valence-electron chi connectivity index (χ3n) is 3.49. The van der Waals surface area contributed by atoms with E-state index >= 15 is 0 Å². The molecule has 0 N–H and O–H groups in total. The normalized spacial score (nSPS) is 11.5. The van der Waals surface area contributed by atoms with Crippen LogP contribution in [-0.4, -0.2) is 18.9 Å². The lowest BCUT2D eigenvalue weighted by Gasteiger charge is -2.20. The predicted molar refractivity (Wildman–Crippen MR) is 97.4 cm³/mol. The lowest BCUT2D eigenvalue weighted by atomic mass is 9.95. The van der Waals surface area contributed by atoms with E-state index in [9.17, 15) is 9.59 Å². The average molecular weight is 379 g/mol. The minimum atomic E-state index is -1.00. The number of hydrogen-bond donors (Lipinski definition) is 0. The molecule has 0 aliphatic rings. The van der Waals surface area contributed by atoms with Crippen molar-refractivity contribution in [3.05, 3.63) is 75.8 Å². The molecule has 2 aromatic carbocycles. The van der Waals surface area contributed by atoms with Gasteiger partial charge in [0.1, 0.15) is 5.75 Å². The standard InChI is InChI=1S/C19H16Cl2O4/c1-11(18(23)13-4-7-15(24-3)8-5-13)19(25-12(2)22)16-9-6-14(20)10-17(16)21/h4-10,19H,1H2,2-3H3. The summed E-state index contributed by atoms with van der Waals surface area (Å²) in [5, 5.41) is 0.713. The summed E-state index contributed by atoms with van der Waals surface area (Å²) in [6.07, 6.45) is -1.00. The lowest BCUT2D eigenvalue weighted by molar-refractivity contribution is -0.144. The highest BCUT2D eigenvalue weighted by atomic mass is 35.5. The zero-order valence-electron chi connectivity index (χ0n) is 13.7. The maximum Gasteiger partial charge on any atom is 0.303 e. The molecule has 2 rings (SSSR count). The van der Waals surface area contributed by atoms with Crippen molar-refractivity contribution in [3.63, 3.8) is 0 Å². The Morgan fingerprint density at radius 2 is 1.72 bits per heavy atom. The van der Waals surface area contributed by atoms with E-state index in [0.29, 0.717) is 21.9 Å². The molecule has 4 nitrogen and oxygen atoms in total. The topological polar surface area (TPSA) is 52.6 Å². The second-order valence-corrected chi connectivity index (χ2v) is 6.08. The highest BCUT2D eigenvalue weighted by Gasteiger charge is 2.26. The quantitative estimate of drug-likeness (QED) is 0.401. The van der Waals surface area contributed by atoms with Crippen LogP contribution in [0.5, 0.6) is 5.75 Å². The maximum absolute atomic E-state index is 12.7. The monoisotopic (exact) mass is 378 g/mol. The molecule has 0 aliphatic carbocycles. The number of Topliss-reactive ketones (excluding diaryl/α,β-unsaturated/α-hetero) is 1. The summed E-state index contributed by atoms with van der Waals surface area (Å²) in [6, 6.07) is 11.3. The fourth-order valence-electron chi connectivity index (χ4n) is 2.25. The molecule has 1 atom stereocenters. The molecule has 0 fully saturated rings. The number of carbonyl (C=O) groups is 2. The van der Waals surface area contributed by atoms with E-state index in [1.54, 1.807) is 36.4 Å². The van der Waals surface area contributed by atoms with Gasteiger partial charge >= 0.3 is 5.97 Å². The Labute approximate surface area is 156 Å². The highest BCUT2D eigenvalue weighted by Crippen LogP contribution is 2.34. The minimum absolute atomic E-state index is 0.0876. The van der Waals surface area contributed by atoms with Crippen LogP contribution < -0.4 is 4.74 Å². The lowest BCUT2D eigenvalue weighted by Crippen LogP contribution is -2.17. The van der Waals surface area contributed by atoms with Gasteiger partial charge in [-0.25, -0.2) is 0 Å². The number of rotatable bonds is 6. The van der Waals surface area contributed by atoms with Crippen LogP contribution in [0.3, 0.4) is 0 Å². The molecular weight excluding hydrogens is 363 g/mol. The number of methoxy groups -OCH3 is 1. The summed E-state index contributed by atoms with van der Waals surface area (Å²) >= 11 is 12.1. The summed E-state index contributed by atoms with van der Waals surface area (Å²) in [4.78, 5) is 24.2. The Balaban J connectivity index is 2.37. The summed E-state index contributed by atoms with van der Waals surface area (Å²) in [7, 11) is 1.54. The van der Waals surface area contributed by atoms with E-state index in [1.807, 2.05) is 0 Å². The van der Waals surface area contributed by atoms with Crippen LogP contribution in [0.25, 0.3) is 0 Å². The van der Waals surface area contributed by atoms with Crippen molar-refractivity contribution in [2.45, 2.75) is 13.0 Å². The molecule has 0 bridgehead atoms. The van der Waals surface area contributed by atoms with Gasteiger partial charge in [0.25, 0.3) is 0 Å². The minimum Gasteiger partial charge on any atom is -0.497 e. The second kappa shape index (κ2) is 8.19. The zero-order valence-corrected chi connectivity index (χ0v) is 15.2. The molecule has 2 aromatic rings. The van der Waals surface area contributed by atoms with Gasteiger partial charge in [-0.3, -0.25) is 9.59 Å². The fraction of sp³-hybridized carbons (Fsp3) is 0.158. The van der Waals surface area contributed by atoms with Crippen molar-refractivity contribution < 1.29 is 19.1 Å². The van der Waals surface area contributed by atoms with E-state index in [-0.39, 0.29) is 16.4 Å². The summed E-state index contributed by atoms with van der Waals surface area (Å²) in [6.45, 7) is 5.07. The van der Waals surface area contributed by atoms with Gasteiger partial charge in [0.2, 0.25) is 0 Å². The van der Waals surface area contributed by atoms with Gasteiger partial charge in [-0.15, -0.1) is 0 Å². The smallest absolute Gasteiger partial charge is 0.303 e. The molecule has 0 saturated heterocycles. The molecule has 0 aromatic heterocycles. The van der Waals surface area contributed by atoms with Crippen LogP contribution in [0.2, 0.25) is 10.0 Å². The largest absolute Gasteiger partial charge is 0.497 e. The molecule has 0 radical (unpaired) electrons. The van der Waals surface area contributed by atoms with Crippen LogP contribution in [0.15, 0.2) is 54.6 Å². The van der Waals surface area contributed by atoms with E-state index in [1.165, 1.54) is 20.1 Å². The second-order valence-electron chi connectivity index (χ2n) is 5.24. The molecule has 0 heterocycles. The van der Waals surface area contributed by atoms with E-state index in [2.05, 4.69) is 6.58 Å². The van der Waals surface area contributed by atoms with Gasteiger partial charge in [0.15, 0.2) is 11.9 Å². The predicted octanol–water partition coefficient (Wildman–Crippen LogP) is 5.05. The Kier molecular flexibility index (Phi) is 6.23.